The second-order valence-corrected chi connectivity index (χ2v) is 4.73. The number of rotatable bonds is 2. The Kier molecular flexibility index (Phi) is 3.23. The van der Waals surface area contributed by atoms with Gasteiger partial charge in [-0.25, -0.2) is 0 Å². The minimum absolute atomic E-state index is 0.0754. The number of hydrogen-bond donors (Lipinski definition) is 2. The number of β-amino-alcohol motifs (C(OH)–C–C–N with tert-alkyl or cyclic N) is 1. The number of aliphatic hydroxyl groups is 1. The van der Waals surface area contributed by atoms with E-state index in [0.717, 1.165) is 18.9 Å². The summed E-state index contributed by atoms with van der Waals surface area (Å²) < 4.78 is 0. The second-order valence-electron chi connectivity index (χ2n) is 4.73. The van der Waals surface area contributed by atoms with E-state index >= 15 is 0 Å². The van der Waals surface area contributed by atoms with E-state index in [9.17, 15) is 5.11 Å². The maximum absolute atomic E-state index is 9.37. The molecule has 2 N–H and O–H groups in total. The van der Waals surface area contributed by atoms with Gasteiger partial charge < -0.3 is 10.4 Å². The van der Waals surface area contributed by atoms with Crippen molar-refractivity contribution in [2.75, 3.05) is 6.54 Å². The van der Waals surface area contributed by atoms with Crippen LogP contribution < -0.4 is 5.32 Å². The fourth-order valence-corrected chi connectivity index (χ4v) is 2.80. The van der Waals surface area contributed by atoms with E-state index in [4.69, 9.17) is 0 Å². The zero-order valence-electron chi connectivity index (χ0n) is 8.34. The van der Waals surface area contributed by atoms with Gasteiger partial charge in [-0.2, -0.15) is 0 Å². The fraction of sp³-hybridized carbons (Fsp3) is 1.00. The lowest BCUT2D eigenvalue weighted by molar-refractivity contribution is 0.190. The van der Waals surface area contributed by atoms with E-state index in [0.29, 0.717) is 6.04 Å². The Morgan fingerprint density at radius 2 is 1.92 bits per heavy atom. The van der Waals surface area contributed by atoms with Gasteiger partial charge in [0.15, 0.2) is 0 Å². The van der Waals surface area contributed by atoms with Crippen LogP contribution in [0.15, 0.2) is 0 Å². The molecule has 2 rings (SSSR count). The molecule has 1 heterocycles. The molecule has 0 bridgehead atoms. The van der Waals surface area contributed by atoms with Crippen molar-refractivity contribution in [2.45, 2.75) is 57.1 Å². The van der Waals surface area contributed by atoms with Gasteiger partial charge in [0, 0.05) is 12.6 Å². The van der Waals surface area contributed by atoms with Gasteiger partial charge in [0.2, 0.25) is 0 Å². The molecule has 76 valence electrons. The first-order valence-electron chi connectivity index (χ1n) is 5.76. The van der Waals surface area contributed by atoms with E-state index in [1.165, 1.54) is 38.5 Å². The molecule has 2 atom stereocenters. The van der Waals surface area contributed by atoms with Gasteiger partial charge in [0.1, 0.15) is 0 Å². The predicted octanol–water partition coefficient (Wildman–Crippen LogP) is 1.68. The predicted molar refractivity (Wildman–Crippen MR) is 53.6 cm³/mol. The third kappa shape index (κ3) is 2.68. The van der Waals surface area contributed by atoms with Gasteiger partial charge in [-0.3, -0.25) is 0 Å². The molecule has 0 radical (unpaired) electrons. The molecule has 0 spiro atoms. The van der Waals surface area contributed by atoms with Crippen molar-refractivity contribution in [2.24, 2.45) is 5.92 Å². The van der Waals surface area contributed by atoms with Crippen LogP contribution in [0.5, 0.6) is 0 Å². The second kappa shape index (κ2) is 4.43. The highest BCUT2D eigenvalue weighted by Crippen LogP contribution is 2.29. The molecule has 0 aromatic carbocycles. The summed E-state index contributed by atoms with van der Waals surface area (Å²) in [6.07, 6.45) is 9.36. The number of nitrogens with one attached hydrogen (secondary N) is 1. The van der Waals surface area contributed by atoms with Crippen LogP contribution >= 0.6 is 0 Å². The van der Waals surface area contributed by atoms with Crippen LogP contribution in [0.3, 0.4) is 0 Å². The molecule has 0 aromatic heterocycles. The molecule has 2 heteroatoms. The summed E-state index contributed by atoms with van der Waals surface area (Å²) in [4.78, 5) is 0. The molecule has 1 saturated carbocycles. The minimum atomic E-state index is -0.0754. The van der Waals surface area contributed by atoms with Gasteiger partial charge in [-0.15, -0.1) is 0 Å². The van der Waals surface area contributed by atoms with E-state index in [-0.39, 0.29) is 6.10 Å². The quantitative estimate of drug-likeness (QED) is 0.682. The van der Waals surface area contributed by atoms with Crippen molar-refractivity contribution in [3.8, 4) is 0 Å². The summed E-state index contributed by atoms with van der Waals surface area (Å²) in [5.74, 6) is 0.941. The van der Waals surface area contributed by atoms with Gasteiger partial charge in [0.05, 0.1) is 6.10 Å². The van der Waals surface area contributed by atoms with Crippen LogP contribution in [0.2, 0.25) is 0 Å². The van der Waals surface area contributed by atoms with Crippen molar-refractivity contribution in [3.05, 3.63) is 0 Å². The summed E-state index contributed by atoms with van der Waals surface area (Å²) in [6.45, 7) is 0.817. The van der Waals surface area contributed by atoms with Crippen molar-refractivity contribution < 1.29 is 5.11 Å². The molecule has 13 heavy (non-hydrogen) atoms. The molecule has 2 unspecified atom stereocenters. The first-order valence-corrected chi connectivity index (χ1v) is 5.76. The molecule has 1 aliphatic heterocycles. The van der Waals surface area contributed by atoms with Crippen LogP contribution in [0.25, 0.3) is 0 Å². The van der Waals surface area contributed by atoms with Crippen molar-refractivity contribution in [1.29, 1.82) is 0 Å². The van der Waals surface area contributed by atoms with E-state index < -0.39 is 0 Å². The van der Waals surface area contributed by atoms with Crippen LogP contribution in [-0.2, 0) is 0 Å². The summed E-state index contributed by atoms with van der Waals surface area (Å²) in [7, 11) is 0. The van der Waals surface area contributed by atoms with Crippen LogP contribution in [0.4, 0.5) is 0 Å². The van der Waals surface area contributed by atoms with Crippen LogP contribution in [0.1, 0.15) is 44.9 Å². The van der Waals surface area contributed by atoms with Crippen molar-refractivity contribution in [3.63, 3.8) is 0 Å². The molecule has 2 fully saturated rings. The van der Waals surface area contributed by atoms with Gasteiger partial charge in [0.25, 0.3) is 0 Å². The lowest BCUT2D eigenvalue weighted by Crippen LogP contribution is -2.25. The number of hydrogen-bond acceptors (Lipinski definition) is 2. The average molecular weight is 183 g/mol. The zero-order valence-corrected chi connectivity index (χ0v) is 8.34. The molecule has 2 aliphatic rings. The molecule has 0 aromatic rings. The standard InChI is InChI=1S/C11H21NO/c13-11-7-10(12-8-11)6-9-4-2-1-3-5-9/h9-13H,1-8H2. The first kappa shape index (κ1) is 9.47. The molecule has 0 amide bonds. The zero-order chi connectivity index (χ0) is 9.10. The highest BCUT2D eigenvalue weighted by Gasteiger charge is 2.25. The Morgan fingerprint density at radius 3 is 2.54 bits per heavy atom. The molecule has 1 aliphatic carbocycles. The third-order valence-corrected chi connectivity index (χ3v) is 3.54. The van der Waals surface area contributed by atoms with Gasteiger partial charge >= 0.3 is 0 Å². The molecule has 1 saturated heterocycles. The van der Waals surface area contributed by atoms with E-state index in [1.807, 2.05) is 0 Å². The smallest absolute Gasteiger partial charge is 0.0679 e. The van der Waals surface area contributed by atoms with Crippen LogP contribution in [-0.4, -0.2) is 23.8 Å². The Balaban J connectivity index is 1.71. The Bertz CT molecular complexity index is 151. The van der Waals surface area contributed by atoms with Gasteiger partial charge in [-0.1, -0.05) is 32.1 Å². The normalized spacial score (nSPS) is 36.7. The summed E-state index contributed by atoms with van der Waals surface area (Å²) in [5.41, 5.74) is 0. The lowest BCUT2D eigenvalue weighted by atomic mass is 9.84. The largest absolute Gasteiger partial charge is 0.392 e. The summed E-state index contributed by atoms with van der Waals surface area (Å²) in [6, 6.07) is 0.609. The molecule has 2 nitrogen and oxygen atoms in total. The summed E-state index contributed by atoms with van der Waals surface area (Å²) >= 11 is 0. The summed E-state index contributed by atoms with van der Waals surface area (Å²) in [5, 5.41) is 12.8. The molecular formula is C11H21NO. The van der Waals surface area contributed by atoms with Crippen LogP contribution in [0, 0.1) is 5.92 Å². The maximum Gasteiger partial charge on any atom is 0.0679 e. The fourth-order valence-electron chi connectivity index (χ4n) is 2.80. The third-order valence-electron chi connectivity index (χ3n) is 3.54. The van der Waals surface area contributed by atoms with Gasteiger partial charge in [-0.05, 0) is 18.8 Å². The Hall–Kier alpha value is -0.0800. The monoisotopic (exact) mass is 183 g/mol. The lowest BCUT2D eigenvalue weighted by Gasteiger charge is -2.24. The SMILES string of the molecule is OC1CNC(CC2CCCCC2)C1. The number of aliphatic hydroxyl groups excluding tert-OH is 1. The maximum atomic E-state index is 9.37. The average Bonchev–Trinajstić information content (AvgIpc) is 2.53. The van der Waals surface area contributed by atoms with E-state index in [2.05, 4.69) is 5.32 Å². The minimum Gasteiger partial charge on any atom is -0.392 e. The van der Waals surface area contributed by atoms with E-state index in [1.54, 1.807) is 0 Å². The topological polar surface area (TPSA) is 32.3 Å². The van der Waals surface area contributed by atoms with Crippen molar-refractivity contribution in [1.82, 2.24) is 5.32 Å². The Labute approximate surface area is 80.7 Å². The highest BCUT2D eigenvalue weighted by atomic mass is 16.3. The first-order chi connectivity index (χ1) is 6.34. The highest BCUT2D eigenvalue weighted by molar-refractivity contribution is 4.83. The molecular weight excluding hydrogens is 162 g/mol. The Morgan fingerprint density at radius 1 is 1.15 bits per heavy atom. The van der Waals surface area contributed by atoms with Crippen molar-refractivity contribution >= 4 is 0 Å².